The monoisotopic (exact) mass is 348 g/mol. The Hall–Kier alpha value is -2.35. The molecule has 5 nitrogen and oxygen atoms in total. The molecule has 0 amide bonds. The first kappa shape index (κ1) is 15.2. The molecule has 0 unspecified atom stereocenters. The molecule has 0 bridgehead atoms. The number of benzene rings is 1. The number of aryl methyl sites for hydroxylation is 2. The highest BCUT2D eigenvalue weighted by atomic mass is 32.1. The maximum Gasteiger partial charge on any atom is 0.275 e. The number of halogens is 2. The van der Waals surface area contributed by atoms with E-state index in [0.29, 0.717) is 23.6 Å². The van der Waals surface area contributed by atoms with E-state index in [4.69, 9.17) is 0 Å². The Morgan fingerprint density at radius 2 is 2.17 bits per heavy atom. The summed E-state index contributed by atoms with van der Waals surface area (Å²) in [5.74, 6) is -1.69. The summed E-state index contributed by atoms with van der Waals surface area (Å²) in [7, 11) is 0. The average Bonchev–Trinajstić information content (AvgIpc) is 2.92. The van der Waals surface area contributed by atoms with Crippen molar-refractivity contribution in [3.63, 3.8) is 0 Å². The Labute approximate surface area is 140 Å². The van der Waals surface area contributed by atoms with Crippen molar-refractivity contribution in [2.45, 2.75) is 26.3 Å². The smallest absolute Gasteiger partial charge is 0.275 e. The van der Waals surface area contributed by atoms with E-state index in [9.17, 15) is 13.6 Å². The number of nitrogens with zero attached hydrogens (tertiary/aromatic N) is 4. The van der Waals surface area contributed by atoms with Gasteiger partial charge in [0.25, 0.3) is 5.56 Å². The van der Waals surface area contributed by atoms with Gasteiger partial charge in [0.15, 0.2) is 11.6 Å². The van der Waals surface area contributed by atoms with E-state index in [2.05, 4.69) is 10.1 Å². The lowest BCUT2D eigenvalue weighted by Gasteiger charge is -2.31. The second kappa shape index (κ2) is 5.62. The first-order chi connectivity index (χ1) is 11.5. The molecule has 24 heavy (non-hydrogen) atoms. The number of fused-ring (bicyclic) bond motifs is 2. The summed E-state index contributed by atoms with van der Waals surface area (Å²) in [5.41, 5.74) is 1.33. The van der Waals surface area contributed by atoms with E-state index in [0.717, 1.165) is 23.1 Å². The minimum Gasteiger partial charge on any atom is -0.363 e. The SMILES string of the molecule is Cc1nn2c(=O)cc(CN3CCCc4ccc(F)c(F)c43)nc2s1. The van der Waals surface area contributed by atoms with Crippen molar-refractivity contribution >= 4 is 22.0 Å². The molecular formula is C16H14F2N4OS. The molecule has 0 aliphatic carbocycles. The highest BCUT2D eigenvalue weighted by Gasteiger charge is 2.24. The number of hydrogen-bond donors (Lipinski definition) is 0. The number of aromatic nitrogens is 3. The molecule has 8 heteroatoms. The van der Waals surface area contributed by atoms with Crippen molar-refractivity contribution in [2.75, 3.05) is 11.4 Å². The molecule has 0 N–H and O–H groups in total. The molecule has 3 heterocycles. The van der Waals surface area contributed by atoms with Crippen LogP contribution in [0.15, 0.2) is 23.0 Å². The highest BCUT2D eigenvalue weighted by Crippen LogP contribution is 2.32. The van der Waals surface area contributed by atoms with Gasteiger partial charge in [-0.1, -0.05) is 17.4 Å². The summed E-state index contributed by atoms with van der Waals surface area (Å²) in [5, 5.41) is 4.84. The summed E-state index contributed by atoms with van der Waals surface area (Å²) in [6.07, 6.45) is 1.56. The van der Waals surface area contributed by atoms with Crippen LogP contribution in [0.4, 0.5) is 14.5 Å². The maximum absolute atomic E-state index is 14.3. The van der Waals surface area contributed by atoms with E-state index in [1.54, 1.807) is 17.9 Å². The van der Waals surface area contributed by atoms with Gasteiger partial charge in [0.1, 0.15) is 5.01 Å². The summed E-state index contributed by atoms with van der Waals surface area (Å²) in [6.45, 7) is 2.66. The molecule has 0 saturated carbocycles. The van der Waals surface area contributed by atoms with Crippen LogP contribution in [0.2, 0.25) is 0 Å². The molecule has 1 aliphatic heterocycles. The van der Waals surface area contributed by atoms with Gasteiger partial charge in [-0.2, -0.15) is 9.61 Å². The predicted octanol–water partition coefficient (Wildman–Crippen LogP) is 2.69. The van der Waals surface area contributed by atoms with Crippen molar-refractivity contribution in [3.8, 4) is 0 Å². The quantitative estimate of drug-likeness (QED) is 0.714. The summed E-state index contributed by atoms with van der Waals surface area (Å²) in [6, 6.07) is 4.18. The van der Waals surface area contributed by atoms with Gasteiger partial charge in [0.2, 0.25) is 4.96 Å². The average molecular weight is 348 g/mol. The van der Waals surface area contributed by atoms with Crippen LogP contribution in [-0.4, -0.2) is 21.1 Å². The number of hydrogen-bond acceptors (Lipinski definition) is 5. The normalized spacial score (nSPS) is 14.2. The maximum atomic E-state index is 14.3. The van der Waals surface area contributed by atoms with Crippen LogP contribution in [0, 0.1) is 18.6 Å². The standard InChI is InChI=1S/C16H14F2N4OS/c1-9-20-22-13(23)7-11(19-16(22)24-9)8-21-6-2-3-10-4-5-12(17)14(18)15(10)21/h4-5,7H,2-3,6,8H2,1H3. The molecule has 4 rings (SSSR count). The zero-order valence-electron chi connectivity index (χ0n) is 12.9. The first-order valence-corrected chi connectivity index (χ1v) is 8.43. The summed E-state index contributed by atoms with van der Waals surface area (Å²) >= 11 is 1.32. The molecule has 0 saturated heterocycles. The third-order valence-corrected chi connectivity index (χ3v) is 4.92. The van der Waals surface area contributed by atoms with Gasteiger partial charge in [-0.25, -0.2) is 13.8 Å². The van der Waals surface area contributed by atoms with Crippen molar-refractivity contribution in [1.82, 2.24) is 14.6 Å². The van der Waals surface area contributed by atoms with Crippen LogP contribution in [-0.2, 0) is 13.0 Å². The Morgan fingerprint density at radius 3 is 3.00 bits per heavy atom. The second-order valence-electron chi connectivity index (χ2n) is 5.80. The third kappa shape index (κ3) is 2.47. The molecule has 0 atom stereocenters. The van der Waals surface area contributed by atoms with Crippen molar-refractivity contribution in [2.24, 2.45) is 0 Å². The topological polar surface area (TPSA) is 50.5 Å². The lowest BCUT2D eigenvalue weighted by atomic mass is 10.0. The molecule has 0 radical (unpaired) electrons. The van der Waals surface area contributed by atoms with Crippen LogP contribution in [0.5, 0.6) is 0 Å². The fourth-order valence-corrected chi connectivity index (χ4v) is 3.85. The van der Waals surface area contributed by atoms with E-state index in [1.807, 2.05) is 0 Å². The van der Waals surface area contributed by atoms with Gasteiger partial charge < -0.3 is 4.90 Å². The zero-order valence-corrected chi connectivity index (χ0v) is 13.7. The van der Waals surface area contributed by atoms with Crippen molar-refractivity contribution in [3.05, 3.63) is 56.5 Å². The van der Waals surface area contributed by atoms with Crippen LogP contribution >= 0.6 is 11.3 Å². The first-order valence-electron chi connectivity index (χ1n) is 7.61. The molecule has 3 aromatic rings. The van der Waals surface area contributed by atoms with Crippen molar-refractivity contribution in [1.29, 1.82) is 0 Å². The molecule has 1 aliphatic rings. The van der Waals surface area contributed by atoms with E-state index in [-0.39, 0.29) is 17.8 Å². The highest BCUT2D eigenvalue weighted by molar-refractivity contribution is 7.16. The van der Waals surface area contributed by atoms with Crippen molar-refractivity contribution < 1.29 is 8.78 Å². The van der Waals surface area contributed by atoms with Gasteiger partial charge in [-0.05, 0) is 31.4 Å². The van der Waals surface area contributed by atoms with Crippen LogP contribution in [0.3, 0.4) is 0 Å². The fourth-order valence-electron chi connectivity index (χ4n) is 3.08. The minimum atomic E-state index is -0.859. The number of rotatable bonds is 2. The van der Waals surface area contributed by atoms with Crippen LogP contribution in [0.25, 0.3) is 4.96 Å². The number of anilines is 1. The summed E-state index contributed by atoms with van der Waals surface area (Å²) < 4.78 is 29.1. The lowest BCUT2D eigenvalue weighted by Crippen LogP contribution is -2.31. The van der Waals surface area contributed by atoms with E-state index in [1.165, 1.54) is 21.9 Å². The van der Waals surface area contributed by atoms with Gasteiger partial charge in [0, 0.05) is 12.6 Å². The van der Waals surface area contributed by atoms with Gasteiger partial charge in [0.05, 0.1) is 17.9 Å². The Bertz CT molecular complexity index is 998. The lowest BCUT2D eigenvalue weighted by molar-refractivity contribution is 0.498. The molecule has 1 aromatic carbocycles. The molecular weight excluding hydrogens is 334 g/mol. The van der Waals surface area contributed by atoms with Crippen LogP contribution < -0.4 is 10.5 Å². The molecule has 0 spiro atoms. The van der Waals surface area contributed by atoms with E-state index < -0.39 is 11.6 Å². The van der Waals surface area contributed by atoms with Gasteiger partial charge in [-0.3, -0.25) is 4.79 Å². The largest absolute Gasteiger partial charge is 0.363 e. The van der Waals surface area contributed by atoms with Crippen LogP contribution in [0.1, 0.15) is 22.7 Å². The Morgan fingerprint density at radius 1 is 1.33 bits per heavy atom. The fraction of sp³-hybridized carbons (Fsp3) is 0.312. The molecule has 124 valence electrons. The van der Waals surface area contributed by atoms with Gasteiger partial charge in [-0.15, -0.1) is 0 Å². The Kier molecular flexibility index (Phi) is 3.56. The molecule has 0 fully saturated rings. The predicted molar refractivity (Wildman–Crippen MR) is 87.6 cm³/mol. The summed E-state index contributed by atoms with van der Waals surface area (Å²) in [4.78, 5) is 18.8. The third-order valence-electron chi connectivity index (χ3n) is 4.09. The second-order valence-corrected chi connectivity index (χ2v) is 6.96. The Balaban J connectivity index is 1.75. The van der Waals surface area contributed by atoms with Gasteiger partial charge >= 0.3 is 0 Å². The minimum absolute atomic E-state index is 0.260. The zero-order chi connectivity index (χ0) is 16.8. The van der Waals surface area contributed by atoms with E-state index >= 15 is 0 Å². The molecule has 2 aromatic heterocycles.